The Morgan fingerprint density at radius 2 is 1.56 bits per heavy atom. The normalized spacial score (nSPS) is 18.4. The van der Waals surface area contributed by atoms with Crippen LogP contribution in [0, 0.1) is 0 Å². The maximum absolute atomic E-state index is 12.4. The molecule has 132 valence electrons. The van der Waals surface area contributed by atoms with Crippen LogP contribution < -0.4 is 4.90 Å². The van der Waals surface area contributed by atoms with Gasteiger partial charge in [-0.2, -0.15) is 4.98 Å². The Morgan fingerprint density at radius 1 is 0.920 bits per heavy atom. The quantitative estimate of drug-likeness (QED) is 0.823. The molecule has 2 aliphatic heterocycles. The third-order valence-electron chi connectivity index (χ3n) is 4.41. The summed E-state index contributed by atoms with van der Waals surface area (Å²) in [4.78, 5) is 20.6. The number of hydrogen-bond acceptors (Lipinski definition) is 7. The summed E-state index contributed by atoms with van der Waals surface area (Å²) in [7, 11) is 0. The monoisotopic (exact) mass is 344 g/mol. The van der Waals surface area contributed by atoms with Crippen molar-refractivity contribution in [2.24, 2.45) is 0 Å². The largest absolute Gasteiger partial charge is 0.378 e. The summed E-state index contributed by atoms with van der Waals surface area (Å²) in [5, 5.41) is 3.95. The van der Waals surface area contributed by atoms with Gasteiger partial charge in [-0.25, -0.2) is 0 Å². The number of morpholine rings is 2. The van der Waals surface area contributed by atoms with Gasteiger partial charge >= 0.3 is 11.8 Å². The zero-order chi connectivity index (χ0) is 17.1. The predicted octanol–water partition coefficient (Wildman–Crippen LogP) is 1.05. The number of amides is 1. The van der Waals surface area contributed by atoms with Crippen LogP contribution in [0.2, 0.25) is 0 Å². The van der Waals surface area contributed by atoms with E-state index in [1.54, 1.807) is 4.90 Å². The lowest BCUT2D eigenvalue weighted by atomic mass is 10.2. The van der Waals surface area contributed by atoms with Gasteiger partial charge in [0.15, 0.2) is 0 Å². The maximum Gasteiger partial charge on any atom is 0.316 e. The average Bonchev–Trinajstić information content (AvgIpc) is 3.19. The molecule has 25 heavy (non-hydrogen) atoms. The van der Waals surface area contributed by atoms with Crippen LogP contribution in [0.25, 0.3) is 11.4 Å². The molecular formula is C17H20N4O4. The topological polar surface area (TPSA) is 80.9 Å². The van der Waals surface area contributed by atoms with Crippen molar-refractivity contribution < 1.29 is 18.8 Å². The van der Waals surface area contributed by atoms with Crippen molar-refractivity contribution in [3.8, 4) is 11.4 Å². The minimum atomic E-state index is -0.244. The molecule has 0 radical (unpaired) electrons. The van der Waals surface area contributed by atoms with E-state index in [0.717, 1.165) is 37.6 Å². The highest BCUT2D eigenvalue weighted by Gasteiger charge is 2.24. The average molecular weight is 344 g/mol. The van der Waals surface area contributed by atoms with E-state index in [2.05, 4.69) is 15.0 Å². The van der Waals surface area contributed by atoms with Crippen molar-refractivity contribution in [2.75, 3.05) is 57.5 Å². The van der Waals surface area contributed by atoms with Crippen LogP contribution in [0.3, 0.4) is 0 Å². The highest BCUT2D eigenvalue weighted by molar-refractivity contribution is 5.90. The molecule has 1 amide bonds. The summed E-state index contributed by atoms with van der Waals surface area (Å²) in [5.74, 6) is 0.200. The number of rotatable bonds is 3. The molecule has 2 saturated heterocycles. The number of hydrogen-bond donors (Lipinski definition) is 0. The maximum atomic E-state index is 12.4. The first kappa shape index (κ1) is 16.0. The van der Waals surface area contributed by atoms with Gasteiger partial charge in [-0.05, 0) is 24.3 Å². The van der Waals surface area contributed by atoms with Crippen molar-refractivity contribution in [1.82, 2.24) is 15.0 Å². The van der Waals surface area contributed by atoms with E-state index in [9.17, 15) is 4.79 Å². The number of anilines is 1. The molecule has 0 aliphatic carbocycles. The highest BCUT2D eigenvalue weighted by Crippen LogP contribution is 2.22. The Balaban J connectivity index is 1.46. The fraction of sp³-hybridized carbons (Fsp3) is 0.471. The second-order valence-electron chi connectivity index (χ2n) is 5.97. The van der Waals surface area contributed by atoms with Gasteiger partial charge in [0.05, 0.1) is 26.4 Å². The van der Waals surface area contributed by atoms with E-state index in [1.165, 1.54) is 0 Å². The van der Waals surface area contributed by atoms with Gasteiger partial charge in [0.1, 0.15) is 0 Å². The second-order valence-corrected chi connectivity index (χ2v) is 5.97. The predicted molar refractivity (Wildman–Crippen MR) is 89.5 cm³/mol. The third kappa shape index (κ3) is 3.49. The zero-order valence-corrected chi connectivity index (χ0v) is 13.9. The van der Waals surface area contributed by atoms with Gasteiger partial charge in [0.25, 0.3) is 0 Å². The molecule has 2 aromatic rings. The van der Waals surface area contributed by atoms with Gasteiger partial charge in [-0.3, -0.25) is 4.79 Å². The number of carbonyl (C=O) groups excluding carboxylic acids is 1. The van der Waals surface area contributed by atoms with Crippen LogP contribution in [-0.4, -0.2) is 73.6 Å². The molecule has 0 unspecified atom stereocenters. The summed E-state index contributed by atoms with van der Waals surface area (Å²) in [6.07, 6.45) is 0. The number of nitrogens with zero attached hydrogens (tertiary/aromatic N) is 4. The van der Waals surface area contributed by atoms with Crippen LogP contribution >= 0.6 is 0 Å². The first-order valence-electron chi connectivity index (χ1n) is 8.45. The van der Waals surface area contributed by atoms with E-state index in [0.29, 0.717) is 32.1 Å². The Kier molecular flexibility index (Phi) is 4.62. The first-order chi connectivity index (χ1) is 12.3. The number of ether oxygens (including phenoxy) is 2. The SMILES string of the molecule is O=C(c1nc(-c2ccc(N3CCOCC3)cc2)no1)N1CCOCC1. The van der Waals surface area contributed by atoms with E-state index in [1.807, 2.05) is 24.3 Å². The Bertz CT molecular complexity index is 719. The fourth-order valence-corrected chi connectivity index (χ4v) is 2.97. The first-order valence-corrected chi connectivity index (χ1v) is 8.45. The lowest BCUT2D eigenvalue weighted by Crippen LogP contribution is -2.40. The molecule has 0 N–H and O–H groups in total. The summed E-state index contributed by atoms with van der Waals surface area (Å²) in [6, 6.07) is 7.94. The minimum Gasteiger partial charge on any atom is -0.378 e. The van der Waals surface area contributed by atoms with Crippen LogP contribution in [0.5, 0.6) is 0 Å². The van der Waals surface area contributed by atoms with E-state index in [4.69, 9.17) is 14.0 Å². The van der Waals surface area contributed by atoms with Crippen molar-refractivity contribution in [2.45, 2.75) is 0 Å². The molecule has 0 bridgehead atoms. The Labute approximate surface area is 145 Å². The van der Waals surface area contributed by atoms with Crippen molar-refractivity contribution in [3.63, 3.8) is 0 Å². The van der Waals surface area contributed by atoms with Gasteiger partial charge in [0, 0.05) is 37.4 Å². The third-order valence-corrected chi connectivity index (χ3v) is 4.41. The molecule has 1 aromatic heterocycles. The molecule has 2 fully saturated rings. The van der Waals surface area contributed by atoms with E-state index in [-0.39, 0.29) is 11.8 Å². The smallest absolute Gasteiger partial charge is 0.316 e. The van der Waals surface area contributed by atoms with Gasteiger partial charge in [-0.15, -0.1) is 0 Å². The Hall–Kier alpha value is -2.45. The molecule has 0 saturated carbocycles. The lowest BCUT2D eigenvalue weighted by Gasteiger charge is -2.28. The summed E-state index contributed by atoms with van der Waals surface area (Å²) < 4.78 is 15.8. The summed E-state index contributed by atoms with van der Waals surface area (Å²) in [5.41, 5.74) is 1.96. The molecule has 3 heterocycles. The molecule has 1 aromatic carbocycles. The van der Waals surface area contributed by atoms with Crippen LogP contribution in [0.1, 0.15) is 10.7 Å². The minimum absolute atomic E-state index is 0.0224. The molecule has 8 nitrogen and oxygen atoms in total. The lowest BCUT2D eigenvalue weighted by molar-refractivity contribution is 0.0272. The molecule has 0 atom stereocenters. The molecule has 8 heteroatoms. The second kappa shape index (κ2) is 7.20. The molecule has 2 aliphatic rings. The highest BCUT2D eigenvalue weighted by atomic mass is 16.5. The number of carbonyl (C=O) groups is 1. The summed E-state index contributed by atoms with van der Waals surface area (Å²) in [6.45, 7) is 5.44. The van der Waals surface area contributed by atoms with Crippen molar-refractivity contribution >= 4 is 11.6 Å². The Morgan fingerprint density at radius 3 is 2.24 bits per heavy atom. The molecule has 4 rings (SSSR count). The number of benzene rings is 1. The van der Waals surface area contributed by atoms with Crippen molar-refractivity contribution in [1.29, 1.82) is 0 Å². The van der Waals surface area contributed by atoms with Crippen molar-refractivity contribution in [3.05, 3.63) is 30.2 Å². The van der Waals surface area contributed by atoms with Gasteiger partial charge in [0.2, 0.25) is 5.82 Å². The summed E-state index contributed by atoms with van der Waals surface area (Å²) >= 11 is 0. The van der Waals surface area contributed by atoms with E-state index >= 15 is 0 Å². The van der Waals surface area contributed by atoms with Gasteiger partial charge < -0.3 is 23.8 Å². The van der Waals surface area contributed by atoms with Crippen LogP contribution in [0.4, 0.5) is 5.69 Å². The molecule has 0 spiro atoms. The van der Waals surface area contributed by atoms with Crippen LogP contribution in [0.15, 0.2) is 28.8 Å². The fourth-order valence-electron chi connectivity index (χ4n) is 2.97. The number of aromatic nitrogens is 2. The molecular weight excluding hydrogens is 324 g/mol. The zero-order valence-electron chi connectivity index (χ0n) is 13.9. The van der Waals surface area contributed by atoms with Gasteiger partial charge in [-0.1, -0.05) is 5.16 Å². The standard InChI is InChI=1S/C17H20N4O4/c22-17(21-7-11-24-12-8-21)16-18-15(19-25-16)13-1-3-14(4-2-13)20-5-9-23-10-6-20/h1-4H,5-12H2. The van der Waals surface area contributed by atoms with Crippen LogP contribution in [-0.2, 0) is 9.47 Å². The van der Waals surface area contributed by atoms with E-state index < -0.39 is 0 Å².